The molecule has 1 atom stereocenters. The SMILES string of the molecule is COCOc1ccccc1C(O)c1nccs1. The molecule has 5 heteroatoms. The molecule has 0 aliphatic carbocycles. The molecule has 17 heavy (non-hydrogen) atoms. The lowest BCUT2D eigenvalue weighted by Gasteiger charge is -2.13. The van der Waals surface area contributed by atoms with Crippen molar-refractivity contribution in [2.75, 3.05) is 13.9 Å². The Balaban J connectivity index is 2.25. The second-order valence-corrected chi connectivity index (χ2v) is 4.29. The summed E-state index contributed by atoms with van der Waals surface area (Å²) < 4.78 is 10.3. The summed E-state index contributed by atoms with van der Waals surface area (Å²) in [5.74, 6) is 0.608. The smallest absolute Gasteiger partial charge is 0.188 e. The lowest BCUT2D eigenvalue weighted by molar-refractivity contribution is 0.0488. The first-order valence-electron chi connectivity index (χ1n) is 5.11. The fourth-order valence-electron chi connectivity index (χ4n) is 1.46. The fraction of sp³-hybridized carbons (Fsp3) is 0.250. The molecule has 0 bridgehead atoms. The third-order valence-electron chi connectivity index (χ3n) is 2.23. The quantitative estimate of drug-likeness (QED) is 0.828. The monoisotopic (exact) mass is 251 g/mol. The number of benzene rings is 1. The number of rotatable bonds is 5. The summed E-state index contributed by atoms with van der Waals surface area (Å²) in [4.78, 5) is 4.10. The van der Waals surface area contributed by atoms with Gasteiger partial charge in [0.25, 0.3) is 0 Å². The van der Waals surface area contributed by atoms with Crippen molar-refractivity contribution in [3.8, 4) is 5.75 Å². The Kier molecular flexibility index (Phi) is 4.08. The average molecular weight is 251 g/mol. The number of aliphatic hydroxyl groups is 1. The van der Waals surface area contributed by atoms with Crippen molar-refractivity contribution in [3.05, 3.63) is 46.4 Å². The number of aliphatic hydroxyl groups excluding tert-OH is 1. The first-order valence-corrected chi connectivity index (χ1v) is 5.99. The van der Waals surface area contributed by atoms with Crippen LogP contribution in [-0.4, -0.2) is 24.0 Å². The molecule has 1 aromatic heterocycles. The summed E-state index contributed by atoms with van der Waals surface area (Å²) in [5, 5.41) is 12.7. The zero-order valence-corrected chi connectivity index (χ0v) is 10.2. The van der Waals surface area contributed by atoms with E-state index in [0.717, 1.165) is 0 Å². The molecular weight excluding hydrogens is 238 g/mol. The molecule has 2 aromatic rings. The molecular formula is C12H13NO3S. The summed E-state index contributed by atoms with van der Waals surface area (Å²) in [6.45, 7) is 0.154. The van der Waals surface area contributed by atoms with Crippen LogP contribution in [0.5, 0.6) is 5.75 Å². The lowest BCUT2D eigenvalue weighted by Crippen LogP contribution is -2.05. The third-order valence-corrected chi connectivity index (χ3v) is 3.06. The molecule has 0 amide bonds. The van der Waals surface area contributed by atoms with Gasteiger partial charge < -0.3 is 14.6 Å². The van der Waals surface area contributed by atoms with E-state index in [1.807, 2.05) is 23.6 Å². The van der Waals surface area contributed by atoms with E-state index in [2.05, 4.69) is 4.98 Å². The van der Waals surface area contributed by atoms with Crippen molar-refractivity contribution in [3.63, 3.8) is 0 Å². The first kappa shape index (κ1) is 12.0. The molecule has 90 valence electrons. The predicted octanol–water partition coefficient (Wildman–Crippen LogP) is 2.21. The van der Waals surface area contributed by atoms with E-state index >= 15 is 0 Å². The number of ether oxygens (including phenoxy) is 2. The molecule has 0 saturated carbocycles. The van der Waals surface area contributed by atoms with Crippen LogP contribution in [0.2, 0.25) is 0 Å². The standard InChI is InChI=1S/C12H13NO3S/c1-15-8-16-10-5-3-2-4-9(10)11(14)12-13-6-7-17-12/h2-7,11,14H,8H2,1H3. The van der Waals surface area contributed by atoms with E-state index in [1.54, 1.807) is 19.4 Å². The molecule has 0 aliphatic rings. The van der Waals surface area contributed by atoms with Crippen LogP contribution in [-0.2, 0) is 4.74 Å². The van der Waals surface area contributed by atoms with Gasteiger partial charge in [-0.1, -0.05) is 18.2 Å². The molecule has 0 aliphatic heterocycles. The molecule has 0 radical (unpaired) electrons. The molecule has 1 unspecified atom stereocenters. The highest BCUT2D eigenvalue weighted by Gasteiger charge is 2.17. The van der Waals surface area contributed by atoms with Gasteiger partial charge in [-0.3, -0.25) is 0 Å². The molecule has 1 heterocycles. The summed E-state index contributed by atoms with van der Waals surface area (Å²) in [5.41, 5.74) is 0.694. The van der Waals surface area contributed by atoms with Gasteiger partial charge in [0.15, 0.2) is 6.79 Å². The van der Waals surface area contributed by atoms with Crippen molar-refractivity contribution >= 4 is 11.3 Å². The Morgan fingerprint density at radius 2 is 2.24 bits per heavy atom. The van der Waals surface area contributed by atoms with E-state index in [0.29, 0.717) is 16.3 Å². The zero-order chi connectivity index (χ0) is 12.1. The number of methoxy groups -OCH3 is 1. The van der Waals surface area contributed by atoms with E-state index in [1.165, 1.54) is 11.3 Å². The third kappa shape index (κ3) is 2.82. The minimum atomic E-state index is -0.761. The van der Waals surface area contributed by atoms with Crippen LogP contribution in [0, 0.1) is 0 Å². The van der Waals surface area contributed by atoms with Gasteiger partial charge >= 0.3 is 0 Å². The topological polar surface area (TPSA) is 51.6 Å². The van der Waals surface area contributed by atoms with Gasteiger partial charge in [-0.2, -0.15) is 0 Å². The molecule has 1 N–H and O–H groups in total. The van der Waals surface area contributed by atoms with Crippen LogP contribution in [0.3, 0.4) is 0 Å². The van der Waals surface area contributed by atoms with Crippen LogP contribution in [0.4, 0.5) is 0 Å². The van der Waals surface area contributed by atoms with Gasteiger partial charge in [-0.05, 0) is 6.07 Å². The summed E-state index contributed by atoms with van der Waals surface area (Å²) >= 11 is 1.41. The maximum atomic E-state index is 10.2. The Bertz CT molecular complexity index is 459. The maximum absolute atomic E-state index is 10.2. The normalized spacial score (nSPS) is 12.4. The first-order chi connectivity index (χ1) is 8.33. The fourth-order valence-corrected chi connectivity index (χ4v) is 2.10. The number of para-hydroxylation sites is 1. The number of thiazole rings is 1. The maximum Gasteiger partial charge on any atom is 0.188 e. The highest BCUT2D eigenvalue weighted by atomic mass is 32.1. The number of aromatic nitrogens is 1. The van der Waals surface area contributed by atoms with Crippen LogP contribution in [0.15, 0.2) is 35.8 Å². The zero-order valence-electron chi connectivity index (χ0n) is 9.37. The van der Waals surface area contributed by atoms with Gasteiger partial charge in [-0.25, -0.2) is 4.98 Å². The molecule has 4 nitrogen and oxygen atoms in total. The van der Waals surface area contributed by atoms with E-state index in [4.69, 9.17) is 9.47 Å². The van der Waals surface area contributed by atoms with Gasteiger partial charge in [0.2, 0.25) is 0 Å². The van der Waals surface area contributed by atoms with Gasteiger partial charge in [0.1, 0.15) is 16.9 Å². The van der Waals surface area contributed by atoms with Crippen LogP contribution in [0.25, 0.3) is 0 Å². The largest absolute Gasteiger partial charge is 0.467 e. The Hall–Kier alpha value is -1.43. The van der Waals surface area contributed by atoms with Crippen molar-refractivity contribution in [2.24, 2.45) is 0 Å². The molecule has 0 saturated heterocycles. The molecule has 0 spiro atoms. The average Bonchev–Trinajstić information content (AvgIpc) is 2.89. The lowest BCUT2D eigenvalue weighted by atomic mass is 10.1. The van der Waals surface area contributed by atoms with E-state index in [9.17, 15) is 5.11 Å². The second kappa shape index (κ2) is 5.77. The molecule has 2 rings (SSSR count). The van der Waals surface area contributed by atoms with Gasteiger partial charge in [-0.15, -0.1) is 11.3 Å². The second-order valence-electron chi connectivity index (χ2n) is 3.36. The number of hydrogen-bond acceptors (Lipinski definition) is 5. The van der Waals surface area contributed by atoms with E-state index < -0.39 is 6.10 Å². The van der Waals surface area contributed by atoms with E-state index in [-0.39, 0.29) is 6.79 Å². The van der Waals surface area contributed by atoms with Crippen LogP contribution in [0.1, 0.15) is 16.7 Å². The van der Waals surface area contributed by atoms with Crippen molar-refractivity contribution < 1.29 is 14.6 Å². The Morgan fingerprint density at radius 3 is 2.94 bits per heavy atom. The van der Waals surface area contributed by atoms with Crippen LogP contribution < -0.4 is 4.74 Å². The Morgan fingerprint density at radius 1 is 1.41 bits per heavy atom. The predicted molar refractivity (Wildman–Crippen MR) is 65.1 cm³/mol. The van der Waals surface area contributed by atoms with Gasteiger partial charge in [0.05, 0.1) is 0 Å². The molecule has 1 aromatic carbocycles. The number of hydrogen-bond donors (Lipinski definition) is 1. The highest BCUT2D eigenvalue weighted by Crippen LogP contribution is 2.30. The number of nitrogens with zero attached hydrogens (tertiary/aromatic N) is 1. The minimum Gasteiger partial charge on any atom is -0.467 e. The van der Waals surface area contributed by atoms with Crippen molar-refractivity contribution in [2.45, 2.75) is 6.10 Å². The molecule has 0 fully saturated rings. The summed E-state index contributed by atoms with van der Waals surface area (Å²) in [6, 6.07) is 7.32. The summed E-state index contributed by atoms with van der Waals surface area (Å²) in [7, 11) is 1.56. The van der Waals surface area contributed by atoms with Gasteiger partial charge in [0, 0.05) is 24.3 Å². The minimum absolute atomic E-state index is 0.154. The van der Waals surface area contributed by atoms with Crippen molar-refractivity contribution in [1.29, 1.82) is 0 Å². The Labute approximate surface area is 103 Å². The van der Waals surface area contributed by atoms with Crippen molar-refractivity contribution in [1.82, 2.24) is 4.98 Å². The summed E-state index contributed by atoms with van der Waals surface area (Å²) in [6.07, 6.45) is 0.907. The highest BCUT2D eigenvalue weighted by molar-refractivity contribution is 7.09. The van der Waals surface area contributed by atoms with Crippen LogP contribution >= 0.6 is 11.3 Å².